The molecule has 7 heteroatoms. The van der Waals surface area contributed by atoms with E-state index < -0.39 is 5.91 Å². The van der Waals surface area contributed by atoms with E-state index in [1.54, 1.807) is 48.5 Å². The third-order valence-electron chi connectivity index (χ3n) is 3.41. The van der Waals surface area contributed by atoms with Gasteiger partial charge in [-0.3, -0.25) is 9.59 Å². The Balaban J connectivity index is 1.78. The average Bonchev–Trinajstić information content (AvgIpc) is 3.31. The summed E-state index contributed by atoms with van der Waals surface area (Å²) in [5.74, 6) is 0.244. The molecule has 0 saturated heterocycles. The van der Waals surface area contributed by atoms with Crippen LogP contribution in [0.2, 0.25) is 0 Å². The topological polar surface area (TPSA) is 84.5 Å². The molecule has 2 aromatic heterocycles. The molecule has 2 amide bonds. The van der Waals surface area contributed by atoms with E-state index in [9.17, 15) is 9.59 Å². The average molecular weight is 462 g/mol. The zero-order valence-electron chi connectivity index (χ0n) is 13.6. The normalized spacial score (nSPS) is 11.2. The van der Waals surface area contributed by atoms with Crippen molar-refractivity contribution < 1.29 is 18.4 Å². The summed E-state index contributed by atoms with van der Waals surface area (Å²) in [4.78, 5) is 24.9. The van der Waals surface area contributed by atoms with Crippen molar-refractivity contribution >= 4 is 40.5 Å². The number of hydrogen-bond donors (Lipinski definition) is 2. The van der Waals surface area contributed by atoms with E-state index in [0.717, 1.165) is 0 Å². The van der Waals surface area contributed by atoms with Crippen molar-refractivity contribution in [3.8, 4) is 0 Å². The zero-order chi connectivity index (χ0) is 18.4. The first-order valence-corrected chi connectivity index (χ1v) is 8.84. The molecular formula is C19H15IN2O4. The van der Waals surface area contributed by atoms with Crippen molar-refractivity contribution in [3.63, 3.8) is 0 Å². The maximum atomic E-state index is 12.5. The minimum atomic E-state index is -0.447. The first kappa shape index (κ1) is 18.0. The van der Waals surface area contributed by atoms with Crippen LogP contribution in [0.3, 0.4) is 0 Å². The van der Waals surface area contributed by atoms with Gasteiger partial charge in [-0.25, -0.2) is 0 Å². The van der Waals surface area contributed by atoms with E-state index in [0.29, 0.717) is 20.9 Å². The van der Waals surface area contributed by atoms with Gasteiger partial charge in [0.25, 0.3) is 11.8 Å². The summed E-state index contributed by atoms with van der Waals surface area (Å²) in [6, 6.07) is 15.6. The van der Waals surface area contributed by atoms with E-state index in [2.05, 4.69) is 10.6 Å². The number of amides is 2. The van der Waals surface area contributed by atoms with Crippen LogP contribution in [0, 0.1) is 3.77 Å². The zero-order valence-corrected chi connectivity index (χ0v) is 15.7. The van der Waals surface area contributed by atoms with Crippen LogP contribution < -0.4 is 10.6 Å². The summed E-state index contributed by atoms with van der Waals surface area (Å²) in [6.07, 6.45) is 3.01. The molecule has 0 unspecified atom stereocenters. The molecule has 1 aromatic carbocycles. The highest BCUT2D eigenvalue weighted by molar-refractivity contribution is 14.1. The van der Waals surface area contributed by atoms with E-state index >= 15 is 0 Å². The predicted molar refractivity (Wildman–Crippen MR) is 104 cm³/mol. The van der Waals surface area contributed by atoms with Gasteiger partial charge in [0.15, 0.2) is 3.77 Å². The lowest BCUT2D eigenvalue weighted by Gasteiger charge is -2.10. The summed E-state index contributed by atoms with van der Waals surface area (Å²) in [5, 5.41) is 5.35. The van der Waals surface area contributed by atoms with E-state index in [4.69, 9.17) is 8.83 Å². The number of rotatable bonds is 6. The molecule has 0 aliphatic rings. The highest BCUT2D eigenvalue weighted by atomic mass is 127. The molecule has 0 radical (unpaired) electrons. The third kappa shape index (κ3) is 4.85. The van der Waals surface area contributed by atoms with Crippen LogP contribution in [0.4, 0.5) is 0 Å². The lowest BCUT2D eigenvalue weighted by molar-refractivity contribution is -0.118. The van der Waals surface area contributed by atoms with Gasteiger partial charge in [-0.2, -0.15) is 0 Å². The molecule has 132 valence electrons. The maximum Gasteiger partial charge on any atom is 0.268 e. The molecule has 26 heavy (non-hydrogen) atoms. The van der Waals surface area contributed by atoms with Crippen LogP contribution in [-0.2, 0) is 11.3 Å². The van der Waals surface area contributed by atoms with Gasteiger partial charge >= 0.3 is 0 Å². The smallest absolute Gasteiger partial charge is 0.268 e. The molecule has 2 N–H and O–H groups in total. The molecule has 0 atom stereocenters. The van der Waals surface area contributed by atoms with Gasteiger partial charge in [-0.15, -0.1) is 0 Å². The van der Waals surface area contributed by atoms with Crippen molar-refractivity contribution in [2.75, 3.05) is 0 Å². The predicted octanol–water partition coefficient (Wildman–Crippen LogP) is 3.56. The van der Waals surface area contributed by atoms with Gasteiger partial charge < -0.3 is 19.5 Å². The van der Waals surface area contributed by atoms with Crippen molar-refractivity contribution in [3.05, 3.63) is 87.4 Å². The van der Waals surface area contributed by atoms with Gasteiger partial charge in [0.1, 0.15) is 17.2 Å². The highest BCUT2D eigenvalue weighted by Crippen LogP contribution is 2.13. The maximum absolute atomic E-state index is 12.5. The Morgan fingerprint density at radius 2 is 1.85 bits per heavy atom. The minimum absolute atomic E-state index is 0.0798. The van der Waals surface area contributed by atoms with Crippen LogP contribution in [0.25, 0.3) is 6.08 Å². The van der Waals surface area contributed by atoms with Gasteiger partial charge in [0.2, 0.25) is 0 Å². The summed E-state index contributed by atoms with van der Waals surface area (Å²) in [6.45, 7) is 0.208. The van der Waals surface area contributed by atoms with Crippen LogP contribution in [0.15, 0.2) is 75.4 Å². The quantitative estimate of drug-likeness (QED) is 0.434. The number of furan rings is 2. The molecule has 0 aliphatic carbocycles. The summed E-state index contributed by atoms with van der Waals surface area (Å²) < 4.78 is 11.3. The third-order valence-corrected chi connectivity index (χ3v) is 3.99. The van der Waals surface area contributed by atoms with Crippen LogP contribution in [0.1, 0.15) is 21.9 Å². The fraction of sp³-hybridized carbons (Fsp3) is 0.0526. The van der Waals surface area contributed by atoms with Gasteiger partial charge in [-0.1, -0.05) is 18.2 Å². The largest absolute Gasteiger partial charge is 0.467 e. The van der Waals surface area contributed by atoms with Crippen molar-refractivity contribution in [2.24, 2.45) is 0 Å². The highest BCUT2D eigenvalue weighted by Gasteiger charge is 2.15. The fourth-order valence-electron chi connectivity index (χ4n) is 2.17. The number of hydrogen-bond acceptors (Lipinski definition) is 4. The first-order chi connectivity index (χ1) is 12.6. The minimum Gasteiger partial charge on any atom is -0.467 e. The molecule has 0 fully saturated rings. The second-order valence-corrected chi connectivity index (χ2v) is 6.35. The lowest BCUT2D eigenvalue weighted by Crippen LogP contribution is -2.34. The van der Waals surface area contributed by atoms with E-state index in [1.165, 1.54) is 12.3 Å². The summed E-state index contributed by atoms with van der Waals surface area (Å²) >= 11 is 2.03. The van der Waals surface area contributed by atoms with Crippen LogP contribution in [0.5, 0.6) is 0 Å². The number of halogens is 1. The van der Waals surface area contributed by atoms with E-state index in [-0.39, 0.29) is 18.1 Å². The molecule has 2 heterocycles. The Kier molecular flexibility index (Phi) is 5.90. The SMILES string of the molecule is O=C(NCc1ccco1)/C(=C/c1ccc(I)o1)NC(=O)c1ccccc1. The molecule has 0 spiro atoms. The lowest BCUT2D eigenvalue weighted by atomic mass is 10.2. The number of benzene rings is 1. The molecule has 3 rings (SSSR count). The Hall–Kier alpha value is -2.81. The number of carbonyl (C=O) groups is 2. The second kappa shape index (κ2) is 8.52. The molecule has 3 aromatic rings. The first-order valence-electron chi connectivity index (χ1n) is 7.76. The second-order valence-electron chi connectivity index (χ2n) is 5.28. The van der Waals surface area contributed by atoms with Crippen LogP contribution >= 0.6 is 22.6 Å². The molecule has 0 bridgehead atoms. The Bertz CT molecular complexity index is 914. The molecule has 0 aliphatic heterocycles. The van der Waals surface area contributed by atoms with Gasteiger partial charge in [0.05, 0.1) is 12.8 Å². The summed E-state index contributed by atoms with van der Waals surface area (Å²) in [7, 11) is 0. The molecule has 6 nitrogen and oxygen atoms in total. The monoisotopic (exact) mass is 462 g/mol. The van der Waals surface area contributed by atoms with Gasteiger partial charge in [-0.05, 0) is 59.0 Å². The molecular weight excluding hydrogens is 447 g/mol. The van der Waals surface area contributed by atoms with Crippen molar-refractivity contribution in [1.82, 2.24) is 10.6 Å². The van der Waals surface area contributed by atoms with Crippen molar-refractivity contribution in [2.45, 2.75) is 6.54 Å². The Morgan fingerprint density at radius 1 is 1.04 bits per heavy atom. The van der Waals surface area contributed by atoms with Crippen LogP contribution in [-0.4, -0.2) is 11.8 Å². The Morgan fingerprint density at radius 3 is 2.50 bits per heavy atom. The standard InChI is InChI=1S/C19H15IN2O4/c20-17-9-8-14(26-17)11-16(19(24)21-12-15-7-4-10-25-15)22-18(23)13-5-2-1-3-6-13/h1-11H,12H2,(H,21,24)(H,22,23)/b16-11-. The number of nitrogens with one attached hydrogen (secondary N) is 2. The van der Waals surface area contributed by atoms with Crippen molar-refractivity contribution in [1.29, 1.82) is 0 Å². The van der Waals surface area contributed by atoms with Gasteiger partial charge in [0, 0.05) is 11.6 Å². The Labute approximate surface area is 163 Å². The number of carbonyl (C=O) groups excluding carboxylic acids is 2. The summed E-state index contributed by atoms with van der Waals surface area (Å²) in [5.41, 5.74) is 0.530. The fourth-order valence-corrected chi connectivity index (χ4v) is 2.60. The molecule has 0 saturated carbocycles. The van der Waals surface area contributed by atoms with E-state index in [1.807, 2.05) is 28.7 Å².